The van der Waals surface area contributed by atoms with Crippen molar-refractivity contribution in [3.05, 3.63) is 0 Å². The Morgan fingerprint density at radius 3 is 2.53 bits per heavy atom. The number of hydrogen-bond acceptors (Lipinski definition) is 3. The van der Waals surface area contributed by atoms with E-state index in [-0.39, 0.29) is 29.8 Å². The van der Waals surface area contributed by atoms with Crippen LogP contribution in [0.1, 0.15) is 20.3 Å². The van der Waals surface area contributed by atoms with E-state index in [4.69, 9.17) is 0 Å². The minimum Gasteiger partial charge on any atom is -0.468 e. The van der Waals surface area contributed by atoms with Gasteiger partial charge in [-0.05, 0) is 11.8 Å². The Morgan fingerprint density at radius 1 is 1.60 bits per heavy atom. The second-order valence-corrected chi connectivity index (χ2v) is 5.59. The summed E-state index contributed by atoms with van der Waals surface area (Å²) in [4.78, 5) is 22.1. The Bertz CT molecular complexity index is 278. The van der Waals surface area contributed by atoms with Crippen LogP contribution in [0.5, 0.6) is 0 Å². The van der Waals surface area contributed by atoms with Gasteiger partial charge in [-0.1, -0.05) is 29.8 Å². The van der Waals surface area contributed by atoms with Crippen molar-refractivity contribution >= 4 is 27.8 Å². The standard InChI is InChI=1S/C10H16BrNO3/c1-10(2)4-6(10)8(13)12-5-7(11)9(14)15-3/h6-7H,4-5H2,1-3H3,(H,12,13). The molecule has 1 amide bonds. The molecule has 1 saturated carbocycles. The van der Waals surface area contributed by atoms with Gasteiger partial charge >= 0.3 is 5.97 Å². The highest BCUT2D eigenvalue weighted by molar-refractivity contribution is 9.10. The summed E-state index contributed by atoms with van der Waals surface area (Å²) in [7, 11) is 1.32. The molecule has 1 rings (SSSR count). The van der Waals surface area contributed by atoms with Gasteiger partial charge in [-0.15, -0.1) is 0 Å². The number of methoxy groups -OCH3 is 1. The van der Waals surface area contributed by atoms with E-state index >= 15 is 0 Å². The number of alkyl halides is 1. The van der Waals surface area contributed by atoms with Crippen LogP contribution in [0, 0.1) is 11.3 Å². The van der Waals surface area contributed by atoms with E-state index in [0.29, 0.717) is 0 Å². The molecule has 0 aliphatic heterocycles. The van der Waals surface area contributed by atoms with Gasteiger partial charge in [0.2, 0.25) is 5.91 Å². The molecular formula is C10H16BrNO3. The molecule has 1 fully saturated rings. The van der Waals surface area contributed by atoms with Gasteiger partial charge in [0.25, 0.3) is 0 Å². The first kappa shape index (κ1) is 12.5. The van der Waals surface area contributed by atoms with Gasteiger partial charge in [0, 0.05) is 12.5 Å². The molecule has 86 valence electrons. The minimum absolute atomic E-state index is 0.0216. The Morgan fingerprint density at radius 2 is 2.13 bits per heavy atom. The normalized spacial score (nSPS) is 24.1. The zero-order valence-electron chi connectivity index (χ0n) is 9.17. The van der Waals surface area contributed by atoms with Crippen molar-refractivity contribution in [2.24, 2.45) is 11.3 Å². The maximum Gasteiger partial charge on any atom is 0.321 e. The smallest absolute Gasteiger partial charge is 0.321 e. The number of ether oxygens (including phenoxy) is 1. The molecule has 0 bridgehead atoms. The van der Waals surface area contributed by atoms with Crippen LogP contribution in [0.3, 0.4) is 0 Å². The van der Waals surface area contributed by atoms with Crippen molar-refractivity contribution in [3.63, 3.8) is 0 Å². The van der Waals surface area contributed by atoms with Crippen molar-refractivity contribution in [1.29, 1.82) is 0 Å². The summed E-state index contributed by atoms with van der Waals surface area (Å²) in [5.41, 5.74) is 0.122. The molecule has 15 heavy (non-hydrogen) atoms. The summed E-state index contributed by atoms with van der Waals surface area (Å²) in [5, 5.41) is 2.73. The third-order valence-corrected chi connectivity index (χ3v) is 3.44. The molecule has 1 aliphatic carbocycles. The number of hydrogen-bond donors (Lipinski definition) is 1. The average Bonchev–Trinajstić information content (AvgIpc) is 2.82. The van der Waals surface area contributed by atoms with Gasteiger partial charge in [-0.25, -0.2) is 0 Å². The summed E-state index contributed by atoms with van der Waals surface area (Å²) < 4.78 is 4.52. The monoisotopic (exact) mass is 277 g/mol. The Hall–Kier alpha value is -0.580. The topological polar surface area (TPSA) is 55.4 Å². The molecule has 0 aromatic carbocycles. The Labute approximate surface area is 97.9 Å². The number of carbonyl (C=O) groups is 2. The van der Waals surface area contributed by atoms with E-state index in [1.165, 1.54) is 7.11 Å². The summed E-state index contributed by atoms with van der Waals surface area (Å²) in [6, 6.07) is 0. The van der Waals surface area contributed by atoms with Gasteiger partial charge in [0.15, 0.2) is 0 Å². The molecule has 2 unspecified atom stereocenters. The molecule has 0 aromatic heterocycles. The van der Waals surface area contributed by atoms with Crippen molar-refractivity contribution in [1.82, 2.24) is 5.32 Å². The van der Waals surface area contributed by atoms with E-state index in [1.807, 2.05) is 0 Å². The van der Waals surface area contributed by atoms with Crippen LogP contribution in [-0.2, 0) is 14.3 Å². The second kappa shape index (κ2) is 4.51. The highest BCUT2D eigenvalue weighted by Gasteiger charge is 2.50. The predicted octanol–water partition coefficient (Wildman–Crippen LogP) is 1.09. The zero-order chi connectivity index (χ0) is 11.6. The van der Waals surface area contributed by atoms with Crippen LogP contribution >= 0.6 is 15.9 Å². The van der Waals surface area contributed by atoms with Gasteiger partial charge < -0.3 is 10.1 Å². The quantitative estimate of drug-likeness (QED) is 0.618. The molecule has 2 atom stereocenters. The lowest BCUT2D eigenvalue weighted by molar-refractivity contribution is -0.139. The maximum atomic E-state index is 11.6. The molecule has 0 spiro atoms. The summed E-state index contributed by atoms with van der Waals surface area (Å²) >= 11 is 3.14. The fourth-order valence-corrected chi connectivity index (χ4v) is 1.79. The fraction of sp³-hybridized carbons (Fsp3) is 0.800. The van der Waals surface area contributed by atoms with Crippen LogP contribution in [-0.4, -0.2) is 30.4 Å². The lowest BCUT2D eigenvalue weighted by Gasteiger charge is -2.09. The summed E-state index contributed by atoms with van der Waals surface area (Å²) in [5.74, 6) is -0.256. The number of carbonyl (C=O) groups excluding carboxylic acids is 2. The second-order valence-electron chi connectivity index (χ2n) is 4.48. The molecule has 0 saturated heterocycles. The molecular weight excluding hydrogens is 262 g/mol. The summed E-state index contributed by atoms with van der Waals surface area (Å²) in [6.45, 7) is 4.39. The Balaban J connectivity index is 2.26. The van der Waals surface area contributed by atoms with Gasteiger partial charge in [0.05, 0.1) is 7.11 Å². The third-order valence-electron chi connectivity index (χ3n) is 2.74. The number of amides is 1. The van der Waals surface area contributed by atoms with Crippen LogP contribution in [0.2, 0.25) is 0 Å². The first-order chi connectivity index (χ1) is 6.88. The van der Waals surface area contributed by atoms with Crippen molar-refractivity contribution < 1.29 is 14.3 Å². The third kappa shape index (κ3) is 3.19. The number of rotatable bonds is 4. The lowest BCUT2D eigenvalue weighted by Crippen LogP contribution is -2.35. The molecule has 1 N–H and O–H groups in total. The largest absolute Gasteiger partial charge is 0.468 e. The fourth-order valence-electron chi connectivity index (χ4n) is 1.44. The first-order valence-corrected chi connectivity index (χ1v) is 5.79. The average molecular weight is 278 g/mol. The van der Waals surface area contributed by atoms with Crippen LogP contribution in [0.25, 0.3) is 0 Å². The van der Waals surface area contributed by atoms with E-state index in [0.717, 1.165) is 6.42 Å². The van der Waals surface area contributed by atoms with Crippen molar-refractivity contribution in [2.45, 2.75) is 25.1 Å². The van der Waals surface area contributed by atoms with E-state index in [9.17, 15) is 9.59 Å². The van der Waals surface area contributed by atoms with Crippen LogP contribution in [0.15, 0.2) is 0 Å². The SMILES string of the molecule is COC(=O)C(Br)CNC(=O)C1CC1(C)C. The number of halogens is 1. The summed E-state index contributed by atoms with van der Waals surface area (Å²) in [6.07, 6.45) is 0.921. The molecule has 1 aliphatic rings. The molecule has 0 aromatic rings. The van der Waals surface area contributed by atoms with E-state index < -0.39 is 4.83 Å². The van der Waals surface area contributed by atoms with E-state index in [1.54, 1.807) is 0 Å². The Kier molecular flexibility index (Phi) is 3.76. The molecule has 0 heterocycles. The van der Waals surface area contributed by atoms with Crippen LogP contribution < -0.4 is 5.32 Å². The highest BCUT2D eigenvalue weighted by Crippen LogP contribution is 2.51. The lowest BCUT2D eigenvalue weighted by atomic mass is 10.1. The number of nitrogens with one attached hydrogen (secondary N) is 1. The molecule has 0 radical (unpaired) electrons. The zero-order valence-corrected chi connectivity index (χ0v) is 10.8. The van der Waals surface area contributed by atoms with Gasteiger partial charge in [0.1, 0.15) is 4.83 Å². The van der Waals surface area contributed by atoms with Crippen molar-refractivity contribution in [3.8, 4) is 0 Å². The predicted molar refractivity (Wildman–Crippen MR) is 59.6 cm³/mol. The maximum absolute atomic E-state index is 11.6. The first-order valence-electron chi connectivity index (χ1n) is 4.88. The molecule has 4 nitrogen and oxygen atoms in total. The molecule has 5 heteroatoms. The number of esters is 1. The van der Waals surface area contributed by atoms with Crippen LogP contribution in [0.4, 0.5) is 0 Å². The highest BCUT2D eigenvalue weighted by atomic mass is 79.9. The van der Waals surface area contributed by atoms with Gasteiger partial charge in [-0.2, -0.15) is 0 Å². The van der Waals surface area contributed by atoms with E-state index in [2.05, 4.69) is 39.8 Å². The van der Waals surface area contributed by atoms with Crippen molar-refractivity contribution in [2.75, 3.05) is 13.7 Å². The minimum atomic E-state index is -0.465. The van der Waals surface area contributed by atoms with Gasteiger partial charge in [-0.3, -0.25) is 9.59 Å².